The number of nitrogens with zero attached hydrogens (tertiary/aromatic N) is 7. The molecule has 1 fully saturated rings. The van der Waals surface area contributed by atoms with Crippen molar-refractivity contribution in [3.8, 4) is 0 Å². The Morgan fingerprint density at radius 1 is 0.600 bits per heavy atom. The van der Waals surface area contributed by atoms with Crippen molar-refractivity contribution in [1.82, 2.24) is 66.0 Å². The van der Waals surface area contributed by atoms with Gasteiger partial charge in [-0.15, -0.1) is 0 Å². The van der Waals surface area contributed by atoms with Gasteiger partial charge in [-0.2, -0.15) is 0 Å². The highest BCUT2D eigenvalue weighted by Crippen LogP contribution is 2.27. The number of ether oxygens (including phenoxy) is 1. The number of methoxy groups -OCH3 is 1. The summed E-state index contributed by atoms with van der Waals surface area (Å²) in [6.45, 7) is -4.85. The number of unbranched alkanes of at least 4 members (excludes halogenated alkanes) is 3. The molecule has 11 atom stereocenters. The Hall–Kier alpha value is -8.68. The van der Waals surface area contributed by atoms with Crippen molar-refractivity contribution in [2.24, 2.45) is 0 Å². The fourth-order valence-corrected chi connectivity index (χ4v) is 11.6. The largest absolute Gasteiger partial charge is 0.480 e. The van der Waals surface area contributed by atoms with E-state index in [0.717, 1.165) is 11.0 Å². The fraction of sp³-hybridized carbons (Fsp3) is 0.636. The second-order valence-corrected chi connectivity index (χ2v) is 25.9. The van der Waals surface area contributed by atoms with Crippen LogP contribution >= 0.6 is 0 Å². The topological polar surface area (TPSA) is 580 Å². The van der Waals surface area contributed by atoms with Gasteiger partial charge < -0.3 is 118 Å². The third-order valence-corrected chi connectivity index (χ3v) is 17.7. The predicted octanol–water partition coefficient (Wildman–Crippen LogP) is -7.69. The summed E-state index contributed by atoms with van der Waals surface area (Å²) in [5.41, 5.74) is 3.01. The molecule has 0 aliphatic carbocycles. The predicted molar refractivity (Wildman–Crippen MR) is 369 cm³/mol. The van der Waals surface area contributed by atoms with Gasteiger partial charge in [-0.1, -0.05) is 25.0 Å². The Balaban J connectivity index is 1.33. The first-order valence-corrected chi connectivity index (χ1v) is 34.5. The van der Waals surface area contributed by atoms with E-state index in [2.05, 4.69) is 41.9 Å². The van der Waals surface area contributed by atoms with Crippen molar-refractivity contribution in [2.45, 2.75) is 138 Å². The second-order valence-electron chi connectivity index (χ2n) is 25.9. The molecule has 1 saturated heterocycles. The Morgan fingerprint density at radius 2 is 1.09 bits per heavy atom. The number of carbonyl (C=O) groups is 11. The molecule has 0 saturated carbocycles. The monoisotopic (exact) mass is 1490 g/mol. The van der Waals surface area contributed by atoms with E-state index in [0.29, 0.717) is 48.3 Å². The molecule has 7 amide bonds. The lowest BCUT2D eigenvalue weighted by molar-refractivity contribution is -0.144. The van der Waals surface area contributed by atoms with Gasteiger partial charge in [-0.25, -0.2) is 4.98 Å². The van der Waals surface area contributed by atoms with Crippen LogP contribution in [0.4, 0.5) is 5.69 Å². The molecular weight excluding hydrogens is 1390 g/mol. The number of hydrogen-bond acceptors (Lipinski definition) is 28. The highest BCUT2D eigenvalue weighted by Gasteiger charge is 2.36. The number of esters is 1. The summed E-state index contributed by atoms with van der Waals surface area (Å²) in [6, 6.07) is 8.04. The number of para-hydroxylation sites is 2. The average molecular weight is 1490 g/mol. The molecule has 2 aliphatic heterocycles. The zero-order chi connectivity index (χ0) is 77.4. The van der Waals surface area contributed by atoms with Gasteiger partial charge in [-0.3, -0.25) is 72.3 Å². The van der Waals surface area contributed by atoms with E-state index >= 15 is 0 Å². The number of aliphatic hydroxyl groups is 10. The van der Waals surface area contributed by atoms with Gasteiger partial charge >= 0.3 is 23.9 Å². The number of carboxylic acid groups (broad SMARTS) is 3. The number of carbonyl (C=O) groups excluding carboxylic acids is 8. The van der Waals surface area contributed by atoms with Crippen LogP contribution in [0.1, 0.15) is 79.5 Å². The zero-order valence-corrected chi connectivity index (χ0v) is 58.7. The number of benzene rings is 2. The van der Waals surface area contributed by atoms with Crippen molar-refractivity contribution >= 4 is 81.9 Å². The smallest absolute Gasteiger partial charge is 0.317 e. The summed E-state index contributed by atoms with van der Waals surface area (Å²) >= 11 is 0. The van der Waals surface area contributed by atoms with Crippen LogP contribution in [0, 0.1) is 0 Å². The molecule has 3 heterocycles. The van der Waals surface area contributed by atoms with E-state index < -0.39 is 204 Å². The summed E-state index contributed by atoms with van der Waals surface area (Å²) < 4.78 is 4.90. The van der Waals surface area contributed by atoms with Gasteiger partial charge in [0.25, 0.3) is 5.91 Å². The number of H-pyrrole nitrogens is 1. The SMILES string of the molecule is COC(=O)CC1Nc2ccc(C(=O)N(C)Cc3nc4ccccc4[nH]3)cc2CN(CCCCCCNC(=O)[C@H](CCC(=O)NC[C@H](O)[C@@H](O)C(O)[C@H](O)CO)NC(=O)[C@H](CCC(=O)NC[C@H](O)C(O)C(O)[C@@H](O)CO)NC(=O)CN2CCN(CC(=O)O)CCN(CC(=O)O)CCN(CC(=O)O)CC2)C1=O. The van der Waals surface area contributed by atoms with E-state index in [1.807, 2.05) is 24.3 Å². The molecule has 2 aliphatic rings. The van der Waals surface area contributed by atoms with Crippen LogP contribution in [0.2, 0.25) is 0 Å². The van der Waals surface area contributed by atoms with Crippen LogP contribution in [0.25, 0.3) is 11.0 Å². The molecule has 4 unspecified atom stereocenters. The van der Waals surface area contributed by atoms with E-state index in [1.165, 1.54) is 31.6 Å². The highest BCUT2D eigenvalue weighted by molar-refractivity contribution is 5.96. The lowest BCUT2D eigenvalue weighted by Gasteiger charge is -2.33. The number of fused-ring (bicyclic) bond motifs is 2. The van der Waals surface area contributed by atoms with Gasteiger partial charge in [0.2, 0.25) is 35.4 Å². The quantitative estimate of drug-likeness (QED) is 0.0185. The number of carboxylic acids is 3. The molecule has 2 aromatic carbocycles. The number of aliphatic hydroxyl groups excluding tert-OH is 10. The van der Waals surface area contributed by atoms with E-state index in [-0.39, 0.29) is 90.9 Å². The number of nitrogens with one attached hydrogen (secondary N) is 7. The highest BCUT2D eigenvalue weighted by atomic mass is 16.5. The first-order valence-electron chi connectivity index (χ1n) is 34.5. The van der Waals surface area contributed by atoms with Crippen LogP contribution < -0.4 is 31.9 Å². The molecule has 1 aromatic heterocycles. The number of hydrogen-bond donors (Lipinski definition) is 20. The van der Waals surface area contributed by atoms with Crippen molar-refractivity contribution in [2.75, 3.05) is 137 Å². The molecule has 105 heavy (non-hydrogen) atoms. The van der Waals surface area contributed by atoms with E-state index in [4.69, 9.17) is 4.74 Å². The maximum atomic E-state index is 14.6. The molecular formula is C66H102N14O25. The molecule has 20 N–H and O–H groups in total. The lowest BCUT2D eigenvalue weighted by Crippen LogP contribution is -2.56. The Kier molecular flexibility index (Phi) is 36.7. The van der Waals surface area contributed by atoms with Crippen LogP contribution in [0.5, 0.6) is 0 Å². The standard InChI is InChI=1S/C66H102N14O25/c1-75(32-51-71-42-9-5-6-10-43(42)72-51)65(103)39-11-12-41-40(27-39)31-80(66(104)46(70-41)28-58(96)105-2)18-8-4-3-7-17-67-63(101)44(13-15-52(87)68-29-47(83)59(97)61(99)49(85)37-81)74-64(102)45(14-16-53(88)69-30-48(84)60(98)62(100)50(86)38-82)73-54(89)33-76-19-21-77(34-55(90)91)23-25-79(36-57(94)95)26-24-78(22-20-76)35-56(92)93/h5-6,9-12,27,44-50,59-62,70,81-86,97-100H,3-4,7-8,13-26,28-38H2,1-2H3,(H,67,101)(H,68,87)(H,69,88)(H,71,72)(H,73,89)(H,74,102)(H,90,91)(H,92,93)(H,94,95)/t44-,45-,46?,47-,48-,49+,50-,59+,60?,61?,62?/m0/s1. The minimum Gasteiger partial charge on any atom is -0.480 e. The van der Waals surface area contributed by atoms with Gasteiger partial charge in [-0.05, 0) is 61.6 Å². The van der Waals surface area contributed by atoms with Crippen LogP contribution in [0.3, 0.4) is 0 Å². The van der Waals surface area contributed by atoms with Gasteiger partial charge in [0.15, 0.2) is 0 Å². The molecule has 0 bridgehead atoms. The third-order valence-electron chi connectivity index (χ3n) is 17.7. The number of imidazole rings is 1. The number of aliphatic carboxylic acids is 3. The average Bonchev–Trinajstić information content (AvgIpc) is 1.79. The Labute approximate surface area is 604 Å². The number of amides is 7. The van der Waals surface area contributed by atoms with Crippen LogP contribution in [-0.2, 0) is 65.8 Å². The molecule has 5 rings (SSSR count). The maximum absolute atomic E-state index is 14.6. The summed E-state index contributed by atoms with van der Waals surface area (Å²) in [6.07, 6.45) is -16.7. The van der Waals surface area contributed by atoms with Gasteiger partial charge in [0.05, 0.1) is 82.7 Å². The normalized spacial score (nSPS) is 18.1. The van der Waals surface area contributed by atoms with Gasteiger partial charge in [0, 0.05) is 116 Å². The maximum Gasteiger partial charge on any atom is 0.317 e. The Morgan fingerprint density at radius 3 is 1.58 bits per heavy atom. The first-order chi connectivity index (χ1) is 49.9. The van der Waals surface area contributed by atoms with Gasteiger partial charge in [0.1, 0.15) is 60.6 Å². The minimum absolute atomic E-state index is 0.0101. The lowest BCUT2D eigenvalue weighted by atomic mass is 10.0. The van der Waals surface area contributed by atoms with E-state index in [1.54, 1.807) is 30.1 Å². The Bertz CT molecular complexity index is 3290. The molecule has 39 heteroatoms. The summed E-state index contributed by atoms with van der Waals surface area (Å²) in [5, 5.41) is 144. The third kappa shape index (κ3) is 29.7. The second kappa shape index (κ2) is 44.3. The summed E-state index contributed by atoms with van der Waals surface area (Å²) in [4.78, 5) is 163. The van der Waals surface area contributed by atoms with Crippen molar-refractivity contribution in [3.05, 3.63) is 59.4 Å². The van der Waals surface area contributed by atoms with Crippen LogP contribution in [-0.4, -0.2) is 370 Å². The zero-order valence-electron chi connectivity index (χ0n) is 58.7. The molecule has 0 spiro atoms. The molecule has 39 nitrogen and oxygen atoms in total. The minimum atomic E-state index is -2.07. The summed E-state index contributed by atoms with van der Waals surface area (Å²) in [7, 11) is 2.83. The first kappa shape index (κ1) is 87.0. The number of aromatic nitrogens is 2. The molecule has 0 radical (unpaired) electrons. The summed E-state index contributed by atoms with van der Waals surface area (Å²) in [5.74, 6) is -9.04. The molecule has 3 aromatic rings. The molecule has 586 valence electrons. The van der Waals surface area contributed by atoms with E-state index in [9.17, 15) is 119 Å². The van der Waals surface area contributed by atoms with Crippen molar-refractivity contribution in [3.63, 3.8) is 0 Å². The van der Waals surface area contributed by atoms with Crippen molar-refractivity contribution < 1.29 is 124 Å². The van der Waals surface area contributed by atoms with Crippen molar-refractivity contribution in [1.29, 1.82) is 0 Å². The van der Waals surface area contributed by atoms with Crippen LogP contribution in [0.15, 0.2) is 42.5 Å². The number of rotatable bonds is 42. The number of aromatic amines is 1. The number of anilines is 1. The fourth-order valence-electron chi connectivity index (χ4n) is 11.6.